The van der Waals surface area contributed by atoms with Crippen molar-refractivity contribution in [1.82, 2.24) is 0 Å². The van der Waals surface area contributed by atoms with E-state index in [1.54, 1.807) is 0 Å². The molecule has 0 unspecified atom stereocenters. The zero-order valence-electron chi connectivity index (χ0n) is 7.41. The highest BCUT2D eigenvalue weighted by Crippen LogP contribution is 2.25. The maximum atomic E-state index is 11.9. The van der Waals surface area contributed by atoms with Crippen LogP contribution in [-0.4, -0.2) is 5.78 Å². The van der Waals surface area contributed by atoms with Crippen molar-refractivity contribution in [3.8, 4) is 0 Å². The molecule has 0 bridgehead atoms. The van der Waals surface area contributed by atoms with Crippen LogP contribution in [0.25, 0.3) is 0 Å². The van der Waals surface area contributed by atoms with Gasteiger partial charge in [0.2, 0.25) is 5.78 Å². The molecule has 0 radical (unpaired) electrons. The Bertz CT molecular complexity index is 428. The highest BCUT2D eigenvalue weighted by molar-refractivity contribution is 9.11. The number of carbonyl (C=O) groups excluding carboxylic acids is 1. The van der Waals surface area contributed by atoms with E-state index in [1.165, 1.54) is 27.6 Å². The highest BCUT2D eigenvalue weighted by Gasteiger charge is 2.12. The number of aryl methyl sites for hydroxylation is 1. The number of hydrogen-bond acceptors (Lipinski definition) is 3. The first-order valence-corrected chi connectivity index (χ1v) is 6.51. The second-order valence-corrected chi connectivity index (χ2v) is 6.46. The molecule has 0 atom stereocenters. The standard InChI is InChI=1S/C10H7BrOS2/c1-6-2-3-8(14-6)10(12)7-4-9(11)13-5-7/h2-5H,1H3. The van der Waals surface area contributed by atoms with E-state index >= 15 is 0 Å². The summed E-state index contributed by atoms with van der Waals surface area (Å²) in [5.74, 6) is 0.116. The lowest BCUT2D eigenvalue weighted by atomic mass is 10.2. The lowest BCUT2D eigenvalue weighted by Gasteiger charge is -1.91. The molecule has 0 aliphatic rings. The first-order chi connectivity index (χ1) is 6.66. The summed E-state index contributed by atoms with van der Waals surface area (Å²) in [6.45, 7) is 2.00. The summed E-state index contributed by atoms with van der Waals surface area (Å²) in [6, 6.07) is 5.72. The molecule has 72 valence electrons. The minimum atomic E-state index is 0.116. The SMILES string of the molecule is Cc1ccc(C(=O)c2csc(Br)c2)s1. The third-order valence-electron chi connectivity index (χ3n) is 1.79. The summed E-state index contributed by atoms with van der Waals surface area (Å²) in [7, 11) is 0. The fraction of sp³-hybridized carbons (Fsp3) is 0.100. The van der Waals surface area contributed by atoms with E-state index in [2.05, 4.69) is 15.9 Å². The van der Waals surface area contributed by atoms with Gasteiger partial charge in [-0.05, 0) is 41.1 Å². The Morgan fingerprint density at radius 3 is 2.71 bits per heavy atom. The molecule has 1 nitrogen and oxygen atoms in total. The molecule has 2 heterocycles. The van der Waals surface area contributed by atoms with Crippen molar-refractivity contribution in [1.29, 1.82) is 0 Å². The van der Waals surface area contributed by atoms with Gasteiger partial charge in [-0.15, -0.1) is 22.7 Å². The fourth-order valence-corrected chi connectivity index (χ4v) is 3.09. The van der Waals surface area contributed by atoms with E-state index in [1.807, 2.05) is 30.5 Å². The van der Waals surface area contributed by atoms with Crippen molar-refractivity contribution in [3.63, 3.8) is 0 Å². The quantitative estimate of drug-likeness (QED) is 0.760. The van der Waals surface area contributed by atoms with Gasteiger partial charge in [0, 0.05) is 15.8 Å². The molecular weight excluding hydrogens is 280 g/mol. The molecule has 0 saturated carbocycles. The average molecular weight is 287 g/mol. The monoisotopic (exact) mass is 286 g/mol. The molecule has 0 aliphatic heterocycles. The smallest absolute Gasteiger partial charge is 0.203 e. The Kier molecular flexibility index (Phi) is 2.85. The second kappa shape index (κ2) is 3.96. The number of rotatable bonds is 2. The maximum absolute atomic E-state index is 11.9. The second-order valence-electron chi connectivity index (χ2n) is 2.88. The van der Waals surface area contributed by atoms with Crippen LogP contribution in [0.3, 0.4) is 0 Å². The molecule has 0 aliphatic carbocycles. The minimum absolute atomic E-state index is 0.116. The van der Waals surface area contributed by atoms with Crippen LogP contribution in [0.4, 0.5) is 0 Å². The van der Waals surface area contributed by atoms with Gasteiger partial charge in [0.15, 0.2) is 0 Å². The van der Waals surface area contributed by atoms with Crippen molar-refractivity contribution in [2.45, 2.75) is 6.92 Å². The summed E-state index contributed by atoms with van der Waals surface area (Å²) in [5, 5.41) is 1.88. The van der Waals surface area contributed by atoms with Crippen LogP contribution in [0, 0.1) is 6.92 Å². The predicted molar refractivity (Wildman–Crippen MR) is 64.5 cm³/mol. The number of thiophene rings is 2. The first-order valence-electron chi connectivity index (χ1n) is 4.02. The van der Waals surface area contributed by atoms with E-state index in [4.69, 9.17) is 0 Å². The number of hydrogen-bond donors (Lipinski definition) is 0. The van der Waals surface area contributed by atoms with Crippen molar-refractivity contribution in [2.75, 3.05) is 0 Å². The van der Waals surface area contributed by atoms with Gasteiger partial charge in [-0.1, -0.05) is 0 Å². The molecule has 0 amide bonds. The van der Waals surface area contributed by atoms with Gasteiger partial charge in [-0.2, -0.15) is 0 Å². The molecule has 14 heavy (non-hydrogen) atoms. The Balaban J connectivity index is 2.33. The average Bonchev–Trinajstić information content (AvgIpc) is 2.73. The molecule has 2 aromatic rings. The fourth-order valence-electron chi connectivity index (χ4n) is 1.13. The Morgan fingerprint density at radius 1 is 1.43 bits per heavy atom. The zero-order chi connectivity index (χ0) is 10.1. The first kappa shape index (κ1) is 10.1. The van der Waals surface area contributed by atoms with Gasteiger partial charge in [-0.25, -0.2) is 0 Å². The number of ketones is 1. The van der Waals surface area contributed by atoms with Crippen molar-refractivity contribution >= 4 is 44.4 Å². The van der Waals surface area contributed by atoms with Crippen LogP contribution >= 0.6 is 38.6 Å². The molecule has 0 saturated heterocycles. The molecule has 0 N–H and O–H groups in total. The van der Waals surface area contributed by atoms with Crippen LogP contribution in [0.5, 0.6) is 0 Å². The van der Waals surface area contributed by atoms with Crippen molar-refractivity contribution in [2.24, 2.45) is 0 Å². The number of halogens is 1. The lowest BCUT2D eigenvalue weighted by molar-refractivity contribution is 0.104. The third kappa shape index (κ3) is 1.97. The van der Waals surface area contributed by atoms with E-state index in [0.29, 0.717) is 0 Å². The van der Waals surface area contributed by atoms with Gasteiger partial charge in [0.25, 0.3) is 0 Å². The van der Waals surface area contributed by atoms with Crippen LogP contribution in [0.2, 0.25) is 0 Å². The maximum Gasteiger partial charge on any atom is 0.203 e. The molecule has 2 aromatic heterocycles. The van der Waals surface area contributed by atoms with Gasteiger partial charge >= 0.3 is 0 Å². The summed E-state index contributed by atoms with van der Waals surface area (Å²) in [4.78, 5) is 13.9. The summed E-state index contributed by atoms with van der Waals surface area (Å²) in [5.41, 5.74) is 0.767. The van der Waals surface area contributed by atoms with Crippen LogP contribution in [-0.2, 0) is 0 Å². The van der Waals surface area contributed by atoms with Crippen molar-refractivity contribution < 1.29 is 4.79 Å². The van der Waals surface area contributed by atoms with Gasteiger partial charge < -0.3 is 0 Å². The lowest BCUT2D eigenvalue weighted by Crippen LogP contribution is -1.95. The van der Waals surface area contributed by atoms with Gasteiger partial charge in [-0.3, -0.25) is 4.79 Å². The molecule has 2 rings (SSSR count). The third-order valence-corrected chi connectivity index (χ3v) is 4.30. The molecule has 0 fully saturated rings. The zero-order valence-corrected chi connectivity index (χ0v) is 10.6. The van der Waals surface area contributed by atoms with E-state index in [9.17, 15) is 4.79 Å². The predicted octanol–water partition coefficient (Wildman–Crippen LogP) is 4.11. The van der Waals surface area contributed by atoms with Crippen molar-refractivity contribution in [3.05, 3.63) is 42.7 Å². The molecular formula is C10H7BrOS2. The summed E-state index contributed by atoms with van der Waals surface area (Å²) in [6.07, 6.45) is 0. The molecule has 4 heteroatoms. The number of carbonyl (C=O) groups is 1. The van der Waals surface area contributed by atoms with Gasteiger partial charge in [0.05, 0.1) is 8.66 Å². The van der Waals surface area contributed by atoms with Crippen LogP contribution in [0.1, 0.15) is 20.1 Å². The minimum Gasteiger partial charge on any atom is -0.288 e. The van der Waals surface area contributed by atoms with Crippen LogP contribution in [0.15, 0.2) is 27.4 Å². The van der Waals surface area contributed by atoms with E-state index in [0.717, 1.165) is 14.2 Å². The topological polar surface area (TPSA) is 17.1 Å². The molecule has 0 aromatic carbocycles. The normalized spacial score (nSPS) is 10.4. The van der Waals surface area contributed by atoms with Crippen LogP contribution < -0.4 is 0 Å². The van der Waals surface area contributed by atoms with E-state index < -0.39 is 0 Å². The van der Waals surface area contributed by atoms with E-state index in [-0.39, 0.29) is 5.78 Å². The summed E-state index contributed by atoms with van der Waals surface area (Å²) < 4.78 is 0.995. The summed E-state index contributed by atoms with van der Waals surface area (Å²) >= 11 is 6.42. The highest BCUT2D eigenvalue weighted by atomic mass is 79.9. The molecule has 0 spiro atoms. The Labute approximate surface area is 98.5 Å². The Morgan fingerprint density at radius 2 is 2.21 bits per heavy atom. The Hall–Kier alpha value is -0.450. The largest absolute Gasteiger partial charge is 0.288 e. The van der Waals surface area contributed by atoms with Gasteiger partial charge in [0.1, 0.15) is 0 Å².